The number of anilines is 2. The van der Waals surface area contributed by atoms with Crippen LogP contribution in [0.3, 0.4) is 0 Å². The quantitative estimate of drug-likeness (QED) is 0.00731. The Kier molecular flexibility index (Phi) is 20.8. The van der Waals surface area contributed by atoms with Gasteiger partial charge in [-0.25, -0.2) is 28.2 Å². The molecule has 4 aromatic carbocycles. The smallest absolute Gasteiger partial charge is 0.478 e. The van der Waals surface area contributed by atoms with Crippen molar-refractivity contribution in [2.24, 2.45) is 5.11 Å². The number of rotatable bonds is 26. The Bertz CT molecular complexity index is 4430. The number of amides is 3. The van der Waals surface area contributed by atoms with Crippen LogP contribution in [0.15, 0.2) is 72.2 Å². The van der Waals surface area contributed by atoms with Crippen molar-refractivity contribution in [1.29, 1.82) is 0 Å². The Balaban J connectivity index is 0.606. The van der Waals surface area contributed by atoms with Crippen LogP contribution in [0, 0.1) is 11.8 Å². The molecule has 0 aliphatic carbocycles. The molecule has 30 nitrogen and oxygen atoms in total. The van der Waals surface area contributed by atoms with Crippen molar-refractivity contribution in [1.82, 2.24) is 35.1 Å². The number of hydrogen-bond donors (Lipinski definition) is 7. The van der Waals surface area contributed by atoms with Crippen LogP contribution < -0.4 is 56.1 Å². The van der Waals surface area contributed by atoms with Crippen LogP contribution in [0.1, 0.15) is 115 Å². The van der Waals surface area contributed by atoms with Gasteiger partial charge in [-0.3, -0.25) is 27.8 Å². The van der Waals surface area contributed by atoms with Gasteiger partial charge in [-0.1, -0.05) is 23.0 Å². The molecule has 6 atom stereocenters. The predicted molar refractivity (Wildman–Crippen MR) is 346 cm³/mol. The van der Waals surface area contributed by atoms with E-state index in [1.54, 1.807) is 35.0 Å². The molecule has 8 N–H and O–H groups in total. The van der Waals surface area contributed by atoms with Crippen molar-refractivity contribution in [3.8, 4) is 29.1 Å². The van der Waals surface area contributed by atoms with Crippen LogP contribution in [-0.4, -0.2) is 151 Å². The molecule has 96 heavy (non-hydrogen) atoms. The van der Waals surface area contributed by atoms with E-state index in [0.717, 1.165) is 123 Å². The zero-order valence-electron chi connectivity index (χ0n) is 52.1. The van der Waals surface area contributed by atoms with Crippen molar-refractivity contribution in [3.05, 3.63) is 144 Å². The number of carboxylic acids is 1. The topological polar surface area (TPSA) is 408 Å². The molecule has 1 fully saturated rings. The molecule has 3 amide bonds. The zero-order valence-corrected chi connectivity index (χ0v) is 54.8. The van der Waals surface area contributed by atoms with E-state index in [0.29, 0.717) is 35.0 Å². The summed E-state index contributed by atoms with van der Waals surface area (Å²) >= 11 is 0. The second-order valence-electron chi connectivity index (χ2n) is 23.5. The van der Waals surface area contributed by atoms with Crippen molar-refractivity contribution < 1.29 is 84.9 Å². The summed E-state index contributed by atoms with van der Waals surface area (Å²) in [6.07, 6.45) is 8.47. The number of phosphoric ester groups is 1. The number of fused-ring (bicyclic) bond motifs is 5. The van der Waals surface area contributed by atoms with E-state index in [-0.39, 0.29) is 74.3 Å². The molecule has 1 saturated heterocycles. The lowest BCUT2D eigenvalue weighted by Crippen LogP contribution is -2.45. The number of ether oxygens (including phenoxy) is 5. The summed E-state index contributed by atoms with van der Waals surface area (Å²) in [7, 11) is -13.0. The summed E-state index contributed by atoms with van der Waals surface area (Å²) in [5.41, 5.74) is 24.8. The zero-order chi connectivity index (χ0) is 67.3. The normalized spacial score (nSPS) is 18.5. The van der Waals surface area contributed by atoms with Crippen molar-refractivity contribution >= 4 is 75.8 Å². The maximum absolute atomic E-state index is 14.1. The van der Waals surface area contributed by atoms with Gasteiger partial charge in [0.25, 0.3) is 19.6 Å². The molecular weight excluding hydrogens is 1310 g/mol. The van der Waals surface area contributed by atoms with E-state index < -0.39 is 72.9 Å². The Hall–Kier alpha value is -8.35. The highest BCUT2D eigenvalue weighted by Gasteiger charge is 2.38. The number of phosphoric acid groups is 2. The summed E-state index contributed by atoms with van der Waals surface area (Å²) < 4.78 is 71.4. The molecule has 33 heteroatoms. The van der Waals surface area contributed by atoms with E-state index >= 15 is 0 Å². The molecule has 0 spiro atoms. The molecule has 0 radical (unpaired) electrons. The highest BCUT2D eigenvalue weighted by atomic mass is 31.3. The maximum Gasteiger partial charge on any atom is 0.478 e. The number of nitrogens with two attached hydrogens (primary N) is 1. The molecule has 6 aliphatic heterocycles. The summed E-state index contributed by atoms with van der Waals surface area (Å²) in [5.74, 6) is 5.20. The minimum absolute atomic E-state index is 0.0490. The number of nitrogens with one attached hydrogen (secondary N) is 3. The molecule has 12 rings (SSSR count). The number of benzene rings is 4. The number of azide groups is 1. The lowest BCUT2D eigenvalue weighted by Gasteiger charge is -2.39. The van der Waals surface area contributed by atoms with Gasteiger partial charge in [0.15, 0.2) is 14.6 Å². The van der Waals surface area contributed by atoms with Crippen molar-refractivity contribution in [2.75, 3.05) is 96.1 Å². The van der Waals surface area contributed by atoms with Crippen molar-refractivity contribution in [2.45, 2.75) is 82.8 Å². The number of hydrogen-bond acceptors (Lipinski definition) is 21. The number of carboxylic acid groups (broad SMARTS) is 1. The second-order valence-corrected chi connectivity index (χ2v) is 27.8. The first-order valence-electron chi connectivity index (χ1n) is 31.3. The molecular formula is C63H69N12O18P3. The maximum atomic E-state index is 14.1. The molecule has 0 saturated carbocycles. The Morgan fingerprint density at radius 3 is 2.48 bits per heavy atom. The number of nitrogens with zero attached hydrogens (tertiary/aromatic N) is 8. The van der Waals surface area contributed by atoms with Crippen LogP contribution in [0.4, 0.5) is 11.5 Å². The third kappa shape index (κ3) is 15.2. The fourth-order valence-electron chi connectivity index (χ4n) is 13.2. The van der Waals surface area contributed by atoms with Crippen LogP contribution in [0.25, 0.3) is 27.0 Å². The van der Waals surface area contributed by atoms with Crippen molar-refractivity contribution in [3.63, 3.8) is 0 Å². The first kappa shape index (κ1) is 67.6. The minimum atomic E-state index is -5.35. The number of aromatic carboxylic acids is 1. The molecule has 8 heterocycles. The van der Waals surface area contributed by atoms with E-state index in [1.807, 2.05) is 0 Å². The lowest BCUT2D eigenvalue weighted by atomic mass is 9.81. The van der Waals surface area contributed by atoms with Gasteiger partial charge in [0.05, 0.1) is 54.5 Å². The summed E-state index contributed by atoms with van der Waals surface area (Å²) in [5, 5.41) is 25.3. The number of aromatic nitrogens is 3. The first-order chi connectivity index (χ1) is 46.3. The third-order valence-electron chi connectivity index (χ3n) is 17.1. The average Bonchev–Trinajstić information content (AvgIpc) is 0.867. The van der Waals surface area contributed by atoms with Crippen LogP contribution >= 0.6 is 24.0 Å². The first-order valence-corrected chi connectivity index (χ1v) is 35.9. The molecule has 4 unspecified atom stereocenters. The monoisotopic (exact) mass is 1370 g/mol. The summed E-state index contributed by atoms with van der Waals surface area (Å²) in [4.78, 5) is 97.9. The molecule has 504 valence electrons. The molecule has 2 aromatic heterocycles. The van der Waals surface area contributed by atoms with Gasteiger partial charge in [-0.2, -0.15) is 0 Å². The van der Waals surface area contributed by atoms with Gasteiger partial charge in [-0.05, 0) is 117 Å². The SMILES string of the molecule is CP(O)OP(=O)([O-])OP(=O)(O)OC[C@@H]1CC[C@H](n2cc(C#CCNC(=O)COCCOC(COc3cccc(C(=O)NCCNC(=O)c4ccc(C(=O)O)c(C5=c6cc7c8c(c6Oc6c5cc5c9c6CCCN9CCC5)CCC[N+]=8CCC7)c4)c3)N=[N+]=[N-])c3c(N)ncnc32)O1. The van der Waals surface area contributed by atoms with Gasteiger partial charge < -0.3 is 74.6 Å². The van der Waals surface area contributed by atoms with Crippen LogP contribution in [-0.2, 0) is 67.0 Å². The standard InChI is InChI=1S/C63H69N12O18P3/c1-94(81)92-96(84,85)93-95(82,83)89-33-43-16-18-52(90-43)75-32-41(53-59(64)69-36-70-60(53)75)9-3-19-66-50(76)34-86-26-27-87-51(71-72-65)35-88-42-12-2-8-39(28-42)61(77)67-20-21-68-62(78)40-15-17-44(63(79)80)47(31-40)54-48-29-37-10-4-22-73-24-6-13-45(55(37)73)57(48)91-58-46-14-7-25-74-23-5-11-38(56(46)74)30-49(54)58/h2,8,12,15,17,28-32,36,43,51-52,81H,4-7,10-11,13-14,16,18-27,33-35H2,1H3,(H7-,64,66,67,68,69,70,76,77,78,79,80,82,83,84,85)/t43-,51?,52+,94?/m0/s1. The fraction of sp³-hybridized carbons (Fsp3) is 0.413. The number of carbonyl (C=O) groups is 4. The molecule has 6 aliphatic rings. The number of aryl methyl sites for hydroxylation is 2. The predicted octanol–water partition coefficient (Wildman–Crippen LogP) is 4.75. The van der Waals surface area contributed by atoms with Crippen LogP contribution in [0.2, 0.25) is 0 Å². The van der Waals surface area contributed by atoms with Gasteiger partial charge >= 0.3 is 13.8 Å². The summed E-state index contributed by atoms with van der Waals surface area (Å²) in [6.45, 7) is 3.65. The van der Waals surface area contributed by atoms with Gasteiger partial charge in [0, 0.05) is 101 Å². The average molecular weight is 1380 g/mol. The summed E-state index contributed by atoms with van der Waals surface area (Å²) in [6, 6.07) is 15.4. The highest BCUT2D eigenvalue weighted by Crippen LogP contribution is 2.62. The fourth-order valence-corrected chi connectivity index (χ4v) is 16.3. The van der Waals surface area contributed by atoms with Crippen LogP contribution in [0.5, 0.6) is 17.2 Å². The van der Waals surface area contributed by atoms with Gasteiger partial charge in [0.1, 0.15) is 67.6 Å². The third-order valence-corrected chi connectivity index (χ3v) is 20.9. The Labute approximate surface area is 550 Å². The Morgan fingerprint density at radius 1 is 0.938 bits per heavy atom. The number of carbonyl (C=O) groups excluding carboxylic acids is 3. The minimum Gasteiger partial charge on any atom is -0.756 e. The lowest BCUT2D eigenvalue weighted by molar-refractivity contribution is -0.209. The Morgan fingerprint density at radius 2 is 1.70 bits per heavy atom. The van der Waals surface area contributed by atoms with E-state index in [1.165, 1.54) is 46.7 Å². The second kappa shape index (κ2) is 29.6. The van der Waals surface area contributed by atoms with Gasteiger partial charge in [0.2, 0.25) is 11.3 Å². The highest BCUT2D eigenvalue weighted by molar-refractivity contribution is 7.65. The number of nitrogen functional groups attached to an aromatic ring is 1. The molecule has 6 aromatic rings. The van der Waals surface area contributed by atoms with E-state index in [4.69, 9.17) is 33.9 Å². The van der Waals surface area contributed by atoms with E-state index in [2.05, 4.69) is 78.0 Å². The van der Waals surface area contributed by atoms with Gasteiger partial charge in [-0.15, -0.1) is 0 Å². The molecule has 0 bridgehead atoms. The largest absolute Gasteiger partial charge is 0.756 e. The van der Waals surface area contributed by atoms with E-state index in [9.17, 15) is 53.6 Å².